The molecule has 0 radical (unpaired) electrons. The van der Waals surface area contributed by atoms with E-state index in [1.165, 1.54) is 11.3 Å². The van der Waals surface area contributed by atoms with Crippen LogP contribution in [0.4, 0.5) is 5.13 Å². The van der Waals surface area contributed by atoms with Crippen molar-refractivity contribution >= 4 is 45.6 Å². The van der Waals surface area contributed by atoms with Gasteiger partial charge in [0.1, 0.15) is 10.8 Å². The highest BCUT2D eigenvalue weighted by Gasteiger charge is 2.10. The number of carbonyl (C=O) groups is 1. The van der Waals surface area contributed by atoms with Crippen LogP contribution in [0.1, 0.15) is 24.8 Å². The first-order chi connectivity index (χ1) is 10.6. The molecule has 0 aliphatic carbocycles. The first-order valence-electron chi connectivity index (χ1n) is 6.78. The van der Waals surface area contributed by atoms with Crippen molar-refractivity contribution in [3.8, 4) is 5.75 Å². The van der Waals surface area contributed by atoms with Gasteiger partial charge in [-0.2, -0.15) is 0 Å². The maximum absolute atomic E-state index is 11.8. The molecular formula is C14H15Cl2N3O2S. The van der Waals surface area contributed by atoms with E-state index in [0.29, 0.717) is 20.9 Å². The van der Waals surface area contributed by atoms with E-state index in [4.69, 9.17) is 27.9 Å². The van der Waals surface area contributed by atoms with Gasteiger partial charge >= 0.3 is 0 Å². The Morgan fingerprint density at radius 2 is 2.18 bits per heavy atom. The third-order valence-corrected chi connectivity index (χ3v) is 4.16. The molecular weight excluding hydrogens is 345 g/mol. The number of anilines is 1. The van der Waals surface area contributed by atoms with Crippen molar-refractivity contribution in [1.29, 1.82) is 0 Å². The van der Waals surface area contributed by atoms with Gasteiger partial charge in [0.2, 0.25) is 5.13 Å². The quantitative estimate of drug-likeness (QED) is 0.804. The minimum Gasteiger partial charge on any atom is -0.482 e. The molecule has 2 aromatic rings. The van der Waals surface area contributed by atoms with Crippen LogP contribution in [-0.4, -0.2) is 22.7 Å². The third kappa shape index (κ3) is 5.12. The van der Waals surface area contributed by atoms with Crippen LogP contribution in [0.25, 0.3) is 0 Å². The number of amides is 1. The van der Waals surface area contributed by atoms with E-state index in [9.17, 15) is 4.79 Å². The smallest absolute Gasteiger partial charge is 0.264 e. The second-order valence-electron chi connectivity index (χ2n) is 4.52. The standard InChI is InChI=1S/C14H15Cl2N3O2S/c1-2-3-4-13-18-19-14(22-13)17-12(20)8-21-11-7-9(15)5-6-10(11)16/h5-7H,2-4,8H2,1H3,(H,17,19,20). The second-order valence-corrected chi connectivity index (χ2v) is 6.42. The number of rotatable bonds is 7. The molecule has 1 heterocycles. The summed E-state index contributed by atoms with van der Waals surface area (Å²) < 4.78 is 5.35. The van der Waals surface area contributed by atoms with Crippen LogP contribution in [-0.2, 0) is 11.2 Å². The third-order valence-electron chi connectivity index (χ3n) is 2.71. The maximum Gasteiger partial charge on any atom is 0.264 e. The highest BCUT2D eigenvalue weighted by Crippen LogP contribution is 2.27. The Bertz CT molecular complexity index is 649. The molecule has 0 bridgehead atoms. The number of hydrogen-bond acceptors (Lipinski definition) is 5. The van der Waals surface area contributed by atoms with Crippen LogP contribution in [0.2, 0.25) is 10.0 Å². The summed E-state index contributed by atoms with van der Waals surface area (Å²) in [5.74, 6) is 0.0412. The average Bonchev–Trinajstić information content (AvgIpc) is 2.93. The predicted molar refractivity (Wildman–Crippen MR) is 89.1 cm³/mol. The van der Waals surface area contributed by atoms with Crippen molar-refractivity contribution in [2.75, 3.05) is 11.9 Å². The minimum atomic E-state index is -0.325. The van der Waals surface area contributed by atoms with Gasteiger partial charge in [-0.1, -0.05) is 47.9 Å². The molecule has 0 unspecified atom stereocenters. The van der Waals surface area contributed by atoms with Gasteiger partial charge in [-0.05, 0) is 18.6 Å². The van der Waals surface area contributed by atoms with Gasteiger partial charge in [-0.15, -0.1) is 10.2 Å². The zero-order valence-corrected chi connectivity index (χ0v) is 14.3. The van der Waals surface area contributed by atoms with E-state index in [-0.39, 0.29) is 12.5 Å². The van der Waals surface area contributed by atoms with Gasteiger partial charge < -0.3 is 4.74 Å². The van der Waals surface area contributed by atoms with E-state index in [0.717, 1.165) is 24.3 Å². The van der Waals surface area contributed by atoms with Gasteiger partial charge in [-0.25, -0.2) is 0 Å². The number of aryl methyl sites for hydroxylation is 1. The molecule has 22 heavy (non-hydrogen) atoms. The SMILES string of the molecule is CCCCc1nnc(NC(=O)COc2cc(Cl)ccc2Cl)s1. The zero-order chi connectivity index (χ0) is 15.9. The molecule has 0 atom stereocenters. The average molecular weight is 360 g/mol. The summed E-state index contributed by atoms with van der Waals surface area (Å²) in [4.78, 5) is 11.8. The first kappa shape index (κ1) is 17.0. The maximum atomic E-state index is 11.8. The lowest BCUT2D eigenvalue weighted by Crippen LogP contribution is -2.20. The van der Waals surface area contributed by atoms with Crippen LogP contribution in [0.3, 0.4) is 0 Å². The molecule has 0 saturated carbocycles. The van der Waals surface area contributed by atoms with Crippen molar-refractivity contribution in [3.05, 3.63) is 33.3 Å². The first-order valence-corrected chi connectivity index (χ1v) is 8.36. The fourth-order valence-corrected chi connectivity index (χ4v) is 2.75. The number of hydrogen-bond donors (Lipinski definition) is 1. The Labute approximate surface area is 142 Å². The van der Waals surface area contributed by atoms with Gasteiger partial charge in [0.05, 0.1) is 5.02 Å². The van der Waals surface area contributed by atoms with E-state index in [2.05, 4.69) is 22.4 Å². The van der Waals surface area contributed by atoms with Gasteiger partial charge in [0, 0.05) is 17.5 Å². The summed E-state index contributed by atoms with van der Waals surface area (Å²) in [6, 6.07) is 4.82. The Kier molecular flexibility index (Phi) is 6.42. The number of benzene rings is 1. The minimum absolute atomic E-state index is 0.177. The van der Waals surface area contributed by atoms with Crippen LogP contribution in [0.15, 0.2) is 18.2 Å². The second kappa shape index (κ2) is 8.31. The number of nitrogens with one attached hydrogen (secondary N) is 1. The van der Waals surface area contributed by atoms with Crippen LogP contribution < -0.4 is 10.1 Å². The van der Waals surface area contributed by atoms with E-state index in [1.807, 2.05) is 0 Å². The summed E-state index contributed by atoms with van der Waals surface area (Å²) in [7, 11) is 0. The fourth-order valence-electron chi connectivity index (χ4n) is 1.62. The summed E-state index contributed by atoms with van der Waals surface area (Å²) in [6.07, 6.45) is 3.02. The van der Waals surface area contributed by atoms with Crippen LogP contribution in [0.5, 0.6) is 5.75 Å². The molecule has 8 heteroatoms. The van der Waals surface area contributed by atoms with Crippen LogP contribution in [0, 0.1) is 0 Å². The number of aromatic nitrogens is 2. The van der Waals surface area contributed by atoms with Crippen molar-refractivity contribution in [1.82, 2.24) is 10.2 Å². The summed E-state index contributed by atoms with van der Waals surface area (Å²) in [5, 5.41) is 12.9. The predicted octanol–water partition coefficient (Wildman–Crippen LogP) is 4.21. The molecule has 1 aromatic heterocycles. The molecule has 1 amide bonds. The number of carbonyl (C=O) groups excluding carboxylic acids is 1. The van der Waals surface area contributed by atoms with Gasteiger partial charge in [0.15, 0.2) is 6.61 Å². The lowest BCUT2D eigenvalue weighted by molar-refractivity contribution is -0.118. The monoisotopic (exact) mass is 359 g/mol. The highest BCUT2D eigenvalue weighted by atomic mass is 35.5. The molecule has 1 aromatic carbocycles. The van der Waals surface area contributed by atoms with Gasteiger partial charge in [-0.3, -0.25) is 10.1 Å². The fraction of sp³-hybridized carbons (Fsp3) is 0.357. The molecule has 118 valence electrons. The van der Waals surface area contributed by atoms with Crippen molar-refractivity contribution < 1.29 is 9.53 Å². The number of ether oxygens (including phenoxy) is 1. The number of nitrogens with zero attached hydrogens (tertiary/aromatic N) is 2. The molecule has 0 fully saturated rings. The van der Waals surface area contributed by atoms with Crippen molar-refractivity contribution in [2.24, 2.45) is 0 Å². The Morgan fingerprint density at radius 1 is 1.36 bits per heavy atom. The van der Waals surface area contributed by atoms with Gasteiger partial charge in [0.25, 0.3) is 5.91 Å². The Morgan fingerprint density at radius 3 is 2.95 bits per heavy atom. The number of halogens is 2. The lowest BCUT2D eigenvalue weighted by Gasteiger charge is -2.07. The molecule has 0 aliphatic heterocycles. The molecule has 5 nitrogen and oxygen atoms in total. The molecule has 0 spiro atoms. The van der Waals surface area contributed by atoms with Crippen molar-refractivity contribution in [2.45, 2.75) is 26.2 Å². The zero-order valence-electron chi connectivity index (χ0n) is 11.9. The lowest BCUT2D eigenvalue weighted by atomic mass is 10.3. The molecule has 0 saturated heterocycles. The van der Waals surface area contributed by atoms with Crippen molar-refractivity contribution in [3.63, 3.8) is 0 Å². The molecule has 1 N–H and O–H groups in total. The van der Waals surface area contributed by atoms with Crippen LogP contribution >= 0.6 is 34.5 Å². The normalized spacial score (nSPS) is 10.5. The summed E-state index contributed by atoms with van der Waals surface area (Å²) >= 11 is 13.2. The van der Waals surface area contributed by atoms with E-state index < -0.39 is 0 Å². The number of unbranched alkanes of at least 4 members (excludes halogenated alkanes) is 1. The largest absolute Gasteiger partial charge is 0.482 e. The molecule has 0 aliphatic rings. The van der Waals surface area contributed by atoms with E-state index in [1.54, 1.807) is 18.2 Å². The molecule has 2 rings (SSSR count). The Hall–Kier alpha value is -1.37. The Balaban J connectivity index is 1.85. The van der Waals surface area contributed by atoms with E-state index >= 15 is 0 Å². The summed E-state index contributed by atoms with van der Waals surface area (Å²) in [5.41, 5.74) is 0. The topological polar surface area (TPSA) is 64.1 Å². The summed E-state index contributed by atoms with van der Waals surface area (Å²) in [6.45, 7) is 1.94. The highest BCUT2D eigenvalue weighted by molar-refractivity contribution is 7.15.